The summed E-state index contributed by atoms with van der Waals surface area (Å²) in [6, 6.07) is 31.3. The van der Waals surface area contributed by atoms with Crippen LogP contribution in [-0.4, -0.2) is 6.66 Å². The van der Waals surface area contributed by atoms with Crippen LogP contribution in [0.15, 0.2) is 84.9 Å². The second kappa shape index (κ2) is 8.45. The van der Waals surface area contributed by atoms with E-state index in [1.165, 1.54) is 41.9 Å². The highest BCUT2D eigenvalue weighted by molar-refractivity contribution is 7.95. The van der Waals surface area contributed by atoms with Crippen LogP contribution in [0.3, 0.4) is 0 Å². The third kappa shape index (κ3) is 3.86. The first-order chi connectivity index (χ1) is 12.3. The topological polar surface area (TPSA) is 0 Å². The average molecular weight is 347 g/mol. The second-order valence-corrected chi connectivity index (χ2v) is 10.3. The van der Waals surface area contributed by atoms with E-state index in [0.717, 1.165) is 0 Å². The van der Waals surface area contributed by atoms with Gasteiger partial charge in [0.15, 0.2) is 0 Å². The Morgan fingerprint density at radius 3 is 1.72 bits per heavy atom. The van der Waals surface area contributed by atoms with Crippen LogP contribution in [0.1, 0.15) is 31.7 Å². The van der Waals surface area contributed by atoms with E-state index in [4.69, 9.17) is 0 Å². The van der Waals surface area contributed by atoms with Crippen LogP contribution in [0, 0.1) is 0 Å². The highest BCUT2D eigenvalue weighted by Gasteiger charge is 2.41. The fourth-order valence-electron chi connectivity index (χ4n) is 3.60. The lowest BCUT2D eigenvalue weighted by Crippen LogP contribution is -2.32. The van der Waals surface area contributed by atoms with Gasteiger partial charge in [-0.15, -0.1) is 0 Å². The summed E-state index contributed by atoms with van der Waals surface area (Å²) in [4.78, 5) is 0. The molecule has 0 spiro atoms. The van der Waals surface area contributed by atoms with Gasteiger partial charge in [-0.25, -0.2) is 0 Å². The predicted octanol–water partition coefficient (Wildman–Crippen LogP) is 5.34. The molecule has 0 aliphatic heterocycles. The Labute approximate surface area is 153 Å². The molecule has 0 unspecified atom stereocenters. The summed E-state index contributed by atoms with van der Waals surface area (Å²) in [5, 5.41) is 4.47. The monoisotopic (exact) mass is 347 g/mol. The normalized spacial score (nSPS) is 11.4. The molecule has 0 aliphatic carbocycles. The molecule has 3 aromatic rings. The molecule has 0 N–H and O–H groups in total. The van der Waals surface area contributed by atoms with Gasteiger partial charge in [0.05, 0.1) is 6.66 Å². The van der Waals surface area contributed by atoms with E-state index < -0.39 is 7.26 Å². The van der Waals surface area contributed by atoms with E-state index in [1.807, 2.05) is 0 Å². The third-order valence-corrected chi connectivity index (χ3v) is 9.13. The molecule has 1 heteroatoms. The number of hydrogen-bond acceptors (Lipinski definition) is 0. The van der Waals surface area contributed by atoms with Crippen LogP contribution in [0.25, 0.3) is 0 Å². The number of rotatable bonds is 7. The summed E-state index contributed by atoms with van der Waals surface area (Å²) in [6.07, 6.45) is 5.03. The van der Waals surface area contributed by atoms with Crippen molar-refractivity contribution in [2.45, 2.75) is 32.6 Å². The van der Waals surface area contributed by atoms with Gasteiger partial charge in [0.25, 0.3) is 0 Å². The van der Waals surface area contributed by atoms with E-state index in [-0.39, 0.29) is 0 Å². The van der Waals surface area contributed by atoms with E-state index in [1.54, 1.807) is 5.30 Å². The second-order valence-electron chi connectivity index (χ2n) is 6.76. The maximum absolute atomic E-state index is 2.48. The Balaban J connectivity index is 2.14. The summed E-state index contributed by atoms with van der Waals surface area (Å²) in [7, 11) is -1.61. The van der Waals surface area contributed by atoms with Crippen LogP contribution in [0.4, 0.5) is 0 Å². The smallest absolute Gasteiger partial charge is 0.0654 e. The standard InChI is InChI=1S/C24H28P/c1-3-4-7-14-21-15-12-13-20-24(21)25(2,22-16-8-5-9-17-22)23-18-10-6-11-19-23/h5-6,8-13,15-20H,3-4,7,14H2,1-2H3/q+1. The third-order valence-electron chi connectivity index (χ3n) is 5.07. The summed E-state index contributed by atoms with van der Waals surface area (Å²) in [5.74, 6) is 0. The number of unbranched alkanes of at least 4 members (excludes halogenated alkanes) is 2. The van der Waals surface area contributed by atoms with Crippen molar-refractivity contribution < 1.29 is 0 Å². The highest BCUT2D eigenvalue weighted by atomic mass is 31.2. The summed E-state index contributed by atoms with van der Waals surface area (Å²) in [5.41, 5.74) is 1.53. The Morgan fingerprint density at radius 1 is 0.640 bits per heavy atom. The molecule has 0 heterocycles. The van der Waals surface area contributed by atoms with Crippen LogP contribution < -0.4 is 15.9 Å². The number of benzene rings is 3. The molecule has 0 aliphatic rings. The largest absolute Gasteiger partial charge is 0.109 e. The maximum atomic E-state index is 2.48. The van der Waals surface area contributed by atoms with E-state index in [2.05, 4.69) is 98.5 Å². The van der Waals surface area contributed by atoms with Gasteiger partial charge in [0, 0.05) is 0 Å². The summed E-state index contributed by atoms with van der Waals surface area (Å²) in [6.45, 7) is 4.76. The number of aryl methyl sites for hydroxylation is 1. The molecule has 0 atom stereocenters. The molecule has 0 aromatic heterocycles. The predicted molar refractivity (Wildman–Crippen MR) is 114 cm³/mol. The molecule has 0 saturated heterocycles. The van der Waals surface area contributed by atoms with Gasteiger partial charge < -0.3 is 0 Å². The van der Waals surface area contributed by atoms with Crippen molar-refractivity contribution >= 4 is 23.2 Å². The van der Waals surface area contributed by atoms with E-state index in [0.29, 0.717) is 0 Å². The Hall–Kier alpha value is -1.91. The minimum absolute atomic E-state index is 1.18. The first-order valence-electron chi connectivity index (χ1n) is 9.33. The summed E-state index contributed by atoms with van der Waals surface area (Å²) < 4.78 is 0. The van der Waals surface area contributed by atoms with Crippen molar-refractivity contribution in [3.05, 3.63) is 90.5 Å². The first-order valence-corrected chi connectivity index (χ1v) is 11.6. The zero-order valence-electron chi connectivity index (χ0n) is 15.4. The molecule has 128 valence electrons. The summed E-state index contributed by atoms with van der Waals surface area (Å²) >= 11 is 0. The fourth-order valence-corrected chi connectivity index (χ4v) is 7.14. The van der Waals surface area contributed by atoms with Gasteiger partial charge in [0.2, 0.25) is 0 Å². The van der Waals surface area contributed by atoms with Gasteiger partial charge in [0.1, 0.15) is 23.2 Å². The van der Waals surface area contributed by atoms with E-state index in [9.17, 15) is 0 Å². The fraction of sp³-hybridized carbons (Fsp3) is 0.250. The van der Waals surface area contributed by atoms with Gasteiger partial charge in [-0.05, 0) is 48.7 Å². The SMILES string of the molecule is CCCCCc1ccccc1[P+](C)(c1ccccc1)c1ccccc1. The van der Waals surface area contributed by atoms with Crippen molar-refractivity contribution in [3.8, 4) is 0 Å². The van der Waals surface area contributed by atoms with Gasteiger partial charge in [-0.2, -0.15) is 0 Å². The maximum Gasteiger partial charge on any atom is 0.109 e. The van der Waals surface area contributed by atoms with Crippen LogP contribution >= 0.6 is 7.26 Å². The molecular formula is C24H28P+. The Bertz CT molecular complexity index is 738. The highest BCUT2D eigenvalue weighted by Crippen LogP contribution is 2.52. The quantitative estimate of drug-likeness (QED) is 0.400. The lowest BCUT2D eigenvalue weighted by molar-refractivity contribution is 0.719. The molecule has 0 bridgehead atoms. The Morgan fingerprint density at radius 2 is 1.16 bits per heavy atom. The first kappa shape index (κ1) is 17.9. The molecule has 0 fully saturated rings. The van der Waals surface area contributed by atoms with Crippen molar-refractivity contribution in [1.29, 1.82) is 0 Å². The van der Waals surface area contributed by atoms with Crippen molar-refractivity contribution in [1.82, 2.24) is 0 Å². The molecule has 0 nitrogen and oxygen atoms in total. The van der Waals surface area contributed by atoms with E-state index >= 15 is 0 Å². The molecule has 3 rings (SSSR count). The molecule has 0 amide bonds. The molecular weight excluding hydrogens is 319 g/mol. The van der Waals surface area contributed by atoms with Crippen molar-refractivity contribution in [2.24, 2.45) is 0 Å². The molecule has 0 saturated carbocycles. The zero-order valence-corrected chi connectivity index (χ0v) is 16.3. The van der Waals surface area contributed by atoms with Gasteiger partial charge >= 0.3 is 0 Å². The average Bonchev–Trinajstić information content (AvgIpc) is 2.69. The van der Waals surface area contributed by atoms with Gasteiger partial charge in [-0.1, -0.05) is 74.4 Å². The molecule has 3 aromatic carbocycles. The number of hydrogen-bond donors (Lipinski definition) is 0. The lowest BCUT2D eigenvalue weighted by Gasteiger charge is -2.25. The molecule has 25 heavy (non-hydrogen) atoms. The Kier molecular flexibility index (Phi) is 6.05. The van der Waals surface area contributed by atoms with Crippen LogP contribution in [0.5, 0.6) is 0 Å². The van der Waals surface area contributed by atoms with Crippen LogP contribution in [0.2, 0.25) is 0 Å². The minimum atomic E-state index is -1.61. The lowest BCUT2D eigenvalue weighted by atomic mass is 10.1. The minimum Gasteiger partial charge on any atom is -0.0654 e. The van der Waals surface area contributed by atoms with Crippen LogP contribution in [-0.2, 0) is 6.42 Å². The molecule has 0 radical (unpaired) electrons. The zero-order chi connectivity index (χ0) is 17.5. The van der Waals surface area contributed by atoms with Gasteiger partial charge in [-0.3, -0.25) is 0 Å². The van der Waals surface area contributed by atoms with Crippen molar-refractivity contribution in [2.75, 3.05) is 6.66 Å². The van der Waals surface area contributed by atoms with Crippen molar-refractivity contribution in [3.63, 3.8) is 0 Å².